The molecule has 6 nitrogen and oxygen atoms in total. The summed E-state index contributed by atoms with van der Waals surface area (Å²) in [4.78, 5) is 22.6. The molecular weight excluding hydrogens is 256 g/mol. The van der Waals surface area contributed by atoms with Gasteiger partial charge >= 0.3 is 0 Å². The number of amides is 1. The minimum atomic E-state index is 0.131. The van der Waals surface area contributed by atoms with Gasteiger partial charge in [-0.05, 0) is 26.8 Å². The molecule has 0 saturated carbocycles. The Hall–Kier alpha value is -1.53. The van der Waals surface area contributed by atoms with Crippen molar-refractivity contribution in [2.45, 2.75) is 25.8 Å². The fourth-order valence-electron chi connectivity index (χ4n) is 2.46. The number of carbonyl (C=O) groups excluding carboxylic acids is 1. The van der Waals surface area contributed by atoms with E-state index in [2.05, 4.69) is 15.3 Å². The number of hydrogen-bond donors (Lipinski definition) is 1. The zero-order chi connectivity index (χ0) is 14.4. The van der Waals surface area contributed by atoms with Crippen LogP contribution in [0, 0.1) is 6.92 Å². The highest BCUT2D eigenvalue weighted by Crippen LogP contribution is 2.14. The van der Waals surface area contributed by atoms with E-state index in [0.717, 1.165) is 24.2 Å². The normalized spacial score (nSPS) is 19.1. The first-order valence-corrected chi connectivity index (χ1v) is 7.00. The van der Waals surface area contributed by atoms with Gasteiger partial charge in [-0.25, -0.2) is 0 Å². The standard InChI is InChI=1S/C14H22N4O2/c1-11-13(17-6-5-16-11)4-3-12-10-20-8-7-18(12)14(19)9-15-2/h5-6,12,15H,3-4,7-10H2,1-2H3/t12-/m0/s1. The molecular formula is C14H22N4O2. The Kier molecular flexibility index (Phi) is 5.43. The maximum atomic E-state index is 12.1. The fraction of sp³-hybridized carbons (Fsp3) is 0.643. The zero-order valence-corrected chi connectivity index (χ0v) is 12.1. The van der Waals surface area contributed by atoms with Crippen molar-refractivity contribution in [2.75, 3.05) is 33.4 Å². The summed E-state index contributed by atoms with van der Waals surface area (Å²) in [5, 5.41) is 2.91. The third kappa shape index (κ3) is 3.74. The number of likely N-dealkylation sites (N-methyl/N-ethyl adjacent to an activating group) is 1. The van der Waals surface area contributed by atoms with Crippen molar-refractivity contribution in [3.05, 3.63) is 23.8 Å². The second-order valence-electron chi connectivity index (χ2n) is 4.97. The summed E-state index contributed by atoms with van der Waals surface area (Å²) in [6, 6.07) is 0.131. The van der Waals surface area contributed by atoms with E-state index in [-0.39, 0.29) is 11.9 Å². The van der Waals surface area contributed by atoms with Gasteiger partial charge in [0.05, 0.1) is 37.2 Å². The topological polar surface area (TPSA) is 67.4 Å². The molecule has 0 spiro atoms. The molecule has 1 aromatic rings. The van der Waals surface area contributed by atoms with Crippen LogP contribution in [0.15, 0.2) is 12.4 Å². The second-order valence-corrected chi connectivity index (χ2v) is 4.97. The smallest absolute Gasteiger partial charge is 0.236 e. The average molecular weight is 278 g/mol. The van der Waals surface area contributed by atoms with Crippen LogP contribution in [0.1, 0.15) is 17.8 Å². The van der Waals surface area contributed by atoms with E-state index < -0.39 is 0 Å². The van der Waals surface area contributed by atoms with Gasteiger partial charge in [0, 0.05) is 18.9 Å². The monoisotopic (exact) mass is 278 g/mol. The Labute approximate surface area is 119 Å². The number of hydrogen-bond acceptors (Lipinski definition) is 5. The molecule has 110 valence electrons. The van der Waals surface area contributed by atoms with Gasteiger partial charge in [-0.3, -0.25) is 14.8 Å². The molecule has 1 aromatic heterocycles. The molecule has 0 aromatic carbocycles. The van der Waals surface area contributed by atoms with Crippen molar-refractivity contribution in [1.82, 2.24) is 20.2 Å². The minimum Gasteiger partial charge on any atom is -0.377 e. The molecule has 1 aliphatic rings. The molecule has 2 heterocycles. The zero-order valence-electron chi connectivity index (χ0n) is 12.1. The number of aromatic nitrogens is 2. The molecule has 1 atom stereocenters. The summed E-state index contributed by atoms with van der Waals surface area (Å²) in [7, 11) is 1.79. The summed E-state index contributed by atoms with van der Waals surface area (Å²) >= 11 is 0. The number of morpholine rings is 1. The predicted octanol–water partition coefficient (Wildman–Crippen LogP) is 0.164. The van der Waals surface area contributed by atoms with Crippen LogP contribution < -0.4 is 5.32 Å². The third-order valence-corrected chi connectivity index (χ3v) is 3.57. The number of nitrogens with one attached hydrogen (secondary N) is 1. The fourth-order valence-corrected chi connectivity index (χ4v) is 2.46. The largest absolute Gasteiger partial charge is 0.377 e. The van der Waals surface area contributed by atoms with Gasteiger partial charge in [-0.2, -0.15) is 0 Å². The van der Waals surface area contributed by atoms with Crippen LogP contribution in [-0.2, 0) is 16.0 Å². The SMILES string of the molecule is CNCC(=O)N1CCOC[C@@H]1CCc1nccnc1C. The quantitative estimate of drug-likeness (QED) is 0.831. The Balaban J connectivity index is 1.95. The van der Waals surface area contributed by atoms with Gasteiger partial charge in [-0.1, -0.05) is 0 Å². The van der Waals surface area contributed by atoms with E-state index in [9.17, 15) is 4.79 Å². The van der Waals surface area contributed by atoms with E-state index in [1.165, 1.54) is 0 Å². The van der Waals surface area contributed by atoms with Gasteiger partial charge < -0.3 is 15.0 Å². The van der Waals surface area contributed by atoms with E-state index >= 15 is 0 Å². The number of rotatable bonds is 5. The van der Waals surface area contributed by atoms with E-state index in [1.54, 1.807) is 19.4 Å². The Morgan fingerprint density at radius 3 is 3.05 bits per heavy atom. The van der Waals surface area contributed by atoms with Gasteiger partial charge in [0.25, 0.3) is 0 Å². The predicted molar refractivity (Wildman–Crippen MR) is 75.3 cm³/mol. The first-order chi connectivity index (χ1) is 9.72. The lowest BCUT2D eigenvalue weighted by Gasteiger charge is -2.35. The maximum absolute atomic E-state index is 12.1. The Morgan fingerprint density at radius 2 is 2.30 bits per heavy atom. The van der Waals surface area contributed by atoms with Crippen molar-refractivity contribution in [1.29, 1.82) is 0 Å². The molecule has 6 heteroatoms. The molecule has 0 aliphatic carbocycles. The molecule has 0 radical (unpaired) electrons. The highest BCUT2D eigenvalue weighted by molar-refractivity contribution is 5.78. The summed E-state index contributed by atoms with van der Waals surface area (Å²) in [6.07, 6.45) is 5.08. The van der Waals surface area contributed by atoms with Crippen LogP contribution in [0.3, 0.4) is 0 Å². The number of carbonyl (C=O) groups is 1. The molecule has 0 unspecified atom stereocenters. The van der Waals surface area contributed by atoms with Gasteiger partial charge in [-0.15, -0.1) is 0 Å². The molecule has 0 bridgehead atoms. The van der Waals surface area contributed by atoms with E-state index in [0.29, 0.717) is 26.3 Å². The van der Waals surface area contributed by atoms with Crippen LogP contribution in [0.5, 0.6) is 0 Å². The molecule has 20 heavy (non-hydrogen) atoms. The third-order valence-electron chi connectivity index (χ3n) is 3.57. The minimum absolute atomic E-state index is 0.131. The molecule has 1 fully saturated rings. The number of ether oxygens (including phenoxy) is 1. The Bertz CT molecular complexity index is 453. The molecule has 1 amide bonds. The highest BCUT2D eigenvalue weighted by Gasteiger charge is 2.26. The van der Waals surface area contributed by atoms with Crippen molar-refractivity contribution in [3.63, 3.8) is 0 Å². The lowest BCUT2D eigenvalue weighted by molar-refractivity contribution is -0.139. The first-order valence-electron chi connectivity index (χ1n) is 7.00. The Morgan fingerprint density at radius 1 is 1.50 bits per heavy atom. The van der Waals surface area contributed by atoms with E-state index in [1.807, 2.05) is 11.8 Å². The van der Waals surface area contributed by atoms with Crippen molar-refractivity contribution < 1.29 is 9.53 Å². The van der Waals surface area contributed by atoms with E-state index in [4.69, 9.17) is 4.74 Å². The van der Waals surface area contributed by atoms with Crippen molar-refractivity contribution >= 4 is 5.91 Å². The van der Waals surface area contributed by atoms with Gasteiger partial charge in [0.1, 0.15) is 0 Å². The number of nitrogens with zero attached hydrogens (tertiary/aromatic N) is 3. The average Bonchev–Trinajstić information content (AvgIpc) is 2.47. The van der Waals surface area contributed by atoms with Crippen LogP contribution in [0.25, 0.3) is 0 Å². The highest BCUT2D eigenvalue weighted by atomic mass is 16.5. The lowest BCUT2D eigenvalue weighted by atomic mass is 10.1. The van der Waals surface area contributed by atoms with Gasteiger partial charge in [0.15, 0.2) is 0 Å². The molecule has 1 saturated heterocycles. The van der Waals surface area contributed by atoms with Crippen molar-refractivity contribution in [2.24, 2.45) is 0 Å². The van der Waals surface area contributed by atoms with Gasteiger partial charge in [0.2, 0.25) is 5.91 Å². The first kappa shape index (κ1) is 14.9. The van der Waals surface area contributed by atoms with Crippen molar-refractivity contribution in [3.8, 4) is 0 Å². The number of aryl methyl sites for hydroxylation is 2. The summed E-state index contributed by atoms with van der Waals surface area (Å²) in [6.45, 7) is 4.24. The lowest BCUT2D eigenvalue weighted by Crippen LogP contribution is -2.51. The second kappa shape index (κ2) is 7.31. The molecule has 1 aliphatic heterocycles. The van der Waals surface area contributed by atoms with Crippen LogP contribution in [-0.4, -0.2) is 60.2 Å². The maximum Gasteiger partial charge on any atom is 0.236 e. The molecule has 2 rings (SSSR count). The summed E-state index contributed by atoms with van der Waals surface area (Å²) in [5.74, 6) is 0.136. The van der Waals surface area contributed by atoms with Crippen LogP contribution in [0.2, 0.25) is 0 Å². The summed E-state index contributed by atoms with van der Waals surface area (Å²) < 4.78 is 5.51. The molecule has 1 N–H and O–H groups in total. The van der Waals surface area contributed by atoms with Crippen LogP contribution >= 0.6 is 0 Å². The summed E-state index contributed by atoms with van der Waals surface area (Å²) in [5.41, 5.74) is 1.96. The van der Waals surface area contributed by atoms with Crippen LogP contribution in [0.4, 0.5) is 0 Å².